The van der Waals surface area contributed by atoms with E-state index in [-0.39, 0.29) is 12.0 Å². The molecule has 110 valence electrons. The Balaban J connectivity index is 2.68. The summed E-state index contributed by atoms with van der Waals surface area (Å²) in [6, 6.07) is 2.25. The molecule has 0 fully saturated rings. The fourth-order valence-electron chi connectivity index (χ4n) is 1.60. The fourth-order valence-corrected chi connectivity index (χ4v) is 2.07. The molecule has 1 unspecified atom stereocenters. The third-order valence-electron chi connectivity index (χ3n) is 2.64. The van der Waals surface area contributed by atoms with E-state index in [1.165, 1.54) is 17.8 Å². The molecule has 0 spiro atoms. The van der Waals surface area contributed by atoms with Crippen molar-refractivity contribution in [1.29, 1.82) is 0 Å². The van der Waals surface area contributed by atoms with Crippen LogP contribution in [0.4, 0.5) is 8.78 Å². The van der Waals surface area contributed by atoms with Gasteiger partial charge in [-0.05, 0) is 30.6 Å². The lowest BCUT2D eigenvalue weighted by Crippen LogP contribution is -2.42. The molecule has 1 aromatic rings. The highest BCUT2D eigenvalue weighted by atomic mass is 32.2. The second-order valence-electron chi connectivity index (χ2n) is 4.12. The molecular formula is C13H15F2NO3S. The molecule has 0 aromatic heterocycles. The van der Waals surface area contributed by atoms with Crippen molar-refractivity contribution in [3.8, 4) is 0 Å². The van der Waals surface area contributed by atoms with Gasteiger partial charge in [0.1, 0.15) is 17.7 Å². The third-order valence-corrected chi connectivity index (χ3v) is 3.29. The van der Waals surface area contributed by atoms with E-state index >= 15 is 0 Å². The van der Waals surface area contributed by atoms with Crippen molar-refractivity contribution < 1.29 is 23.5 Å². The number of amides is 1. The van der Waals surface area contributed by atoms with Crippen LogP contribution in [-0.4, -0.2) is 35.0 Å². The van der Waals surface area contributed by atoms with Gasteiger partial charge >= 0.3 is 5.97 Å². The van der Waals surface area contributed by atoms with Gasteiger partial charge in [0, 0.05) is 5.56 Å². The lowest BCUT2D eigenvalue weighted by atomic mass is 10.1. The molecule has 0 aliphatic rings. The minimum Gasteiger partial charge on any atom is -0.480 e. The van der Waals surface area contributed by atoms with Crippen molar-refractivity contribution in [2.75, 3.05) is 12.0 Å². The van der Waals surface area contributed by atoms with Gasteiger partial charge in [-0.1, -0.05) is 6.07 Å². The summed E-state index contributed by atoms with van der Waals surface area (Å²) in [4.78, 5) is 22.6. The van der Waals surface area contributed by atoms with E-state index in [4.69, 9.17) is 5.11 Å². The maximum Gasteiger partial charge on any atom is 0.326 e. The minimum atomic E-state index is -1.17. The predicted molar refractivity (Wildman–Crippen MR) is 72.6 cm³/mol. The number of nitrogens with one attached hydrogen (secondary N) is 1. The molecule has 2 N–H and O–H groups in total. The normalized spacial score (nSPS) is 11.9. The lowest BCUT2D eigenvalue weighted by molar-refractivity contribution is -0.141. The zero-order chi connectivity index (χ0) is 15.1. The molecule has 0 bridgehead atoms. The summed E-state index contributed by atoms with van der Waals surface area (Å²) in [7, 11) is 0. The van der Waals surface area contributed by atoms with E-state index in [0.717, 1.165) is 12.1 Å². The Morgan fingerprint density at radius 3 is 2.45 bits per heavy atom. The van der Waals surface area contributed by atoms with Crippen LogP contribution in [0.3, 0.4) is 0 Å². The van der Waals surface area contributed by atoms with Crippen LogP contribution in [0.15, 0.2) is 18.2 Å². The summed E-state index contributed by atoms with van der Waals surface area (Å²) in [5.41, 5.74) is -0.362. The number of aliphatic carboxylic acids is 1. The summed E-state index contributed by atoms with van der Waals surface area (Å²) in [6.45, 7) is 0. The molecule has 1 rings (SSSR count). The summed E-state index contributed by atoms with van der Waals surface area (Å²) in [5.74, 6) is -2.97. The minimum absolute atomic E-state index is 0.252. The lowest BCUT2D eigenvalue weighted by Gasteiger charge is -2.14. The average Bonchev–Trinajstić information content (AvgIpc) is 2.38. The third kappa shape index (κ3) is 4.80. The highest BCUT2D eigenvalue weighted by Gasteiger charge is 2.21. The number of halogens is 2. The van der Waals surface area contributed by atoms with Gasteiger partial charge in [-0.3, -0.25) is 4.79 Å². The van der Waals surface area contributed by atoms with Crippen LogP contribution in [0.2, 0.25) is 0 Å². The van der Waals surface area contributed by atoms with Gasteiger partial charge in [0.25, 0.3) is 0 Å². The summed E-state index contributed by atoms with van der Waals surface area (Å²) < 4.78 is 26.7. The highest BCUT2D eigenvalue weighted by Crippen LogP contribution is 2.12. The molecule has 20 heavy (non-hydrogen) atoms. The maximum atomic E-state index is 13.4. The molecule has 0 saturated heterocycles. The van der Waals surface area contributed by atoms with E-state index in [0.29, 0.717) is 5.75 Å². The number of hydrogen-bond acceptors (Lipinski definition) is 3. The zero-order valence-electron chi connectivity index (χ0n) is 10.9. The van der Waals surface area contributed by atoms with Crippen molar-refractivity contribution in [3.05, 3.63) is 35.4 Å². The van der Waals surface area contributed by atoms with Gasteiger partial charge in [-0.2, -0.15) is 11.8 Å². The maximum absolute atomic E-state index is 13.4. The summed E-state index contributed by atoms with van der Waals surface area (Å²) >= 11 is 1.45. The van der Waals surface area contributed by atoms with Crippen LogP contribution in [0.25, 0.3) is 0 Å². The first kappa shape index (κ1) is 16.4. The number of rotatable bonds is 7. The monoisotopic (exact) mass is 303 g/mol. The molecule has 0 radical (unpaired) electrons. The van der Waals surface area contributed by atoms with E-state index in [1.807, 2.05) is 6.26 Å². The number of thioether (sulfide) groups is 1. The average molecular weight is 303 g/mol. The number of benzene rings is 1. The molecule has 4 nitrogen and oxygen atoms in total. The first-order valence-electron chi connectivity index (χ1n) is 5.89. The Kier molecular flexibility index (Phi) is 6.44. The summed E-state index contributed by atoms with van der Waals surface area (Å²) in [5, 5.41) is 11.2. The number of hydrogen-bond donors (Lipinski definition) is 2. The molecule has 0 aliphatic heterocycles. The quantitative estimate of drug-likeness (QED) is 0.806. The van der Waals surface area contributed by atoms with Gasteiger partial charge in [0.15, 0.2) is 0 Å². The number of carboxylic acid groups (broad SMARTS) is 1. The molecular weight excluding hydrogens is 288 g/mol. The van der Waals surface area contributed by atoms with Gasteiger partial charge in [0.05, 0.1) is 6.42 Å². The zero-order valence-corrected chi connectivity index (χ0v) is 11.7. The number of carbonyl (C=O) groups excluding carboxylic acids is 1. The van der Waals surface area contributed by atoms with Gasteiger partial charge in [-0.25, -0.2) is 13.6 Å². The fraction of sp³-hybridized carbons (Fsp3) is 0.385. The Labute approximate surface area is 119 Å². The SMILES string of the molecule is CSCCC(NC(=O)Cc1c(F)cccc1F)C(=O)O. The Morgan fingerprint density at radius 1 is 1.35 bits per heavy atom. The molecule has 1 aromatic carbocycles. The van der Waals surface area contributed by atoms with E-state index in [9.17, 15) is 18.4 Å². The van der Waals surface area contributed by atoms with Gasteiger partial charge < -0.3 is 10.4 Å². The van der Waals surface area contributed by atoms with E-state index in [1.54, 1.807) is 0 Å². The Bertz CT molecular complexity index is 476. The van der Waals surface area contributed by atoms with Crippen molar-refractivity contribution in [1.82, 2.24) is 5.32 Å². The molecule has 0 saturated carbocycles. The van der Waals surface area contributed by atoms with Crippen LogP contribution in [-0.2, 0) is 16.0 Å². The Hall–Kier alpha value is -1.63. The number of carbonyl (C=O) groups is 2. The van der Waals surface area contributed by atoms with E-state index < -0.39 is 36.0 Å². The van der Waals surface area contributed by atoms with Gasteiger partial charge in [0.2, 0.25) is 5.91 Å². The van der Waals surface area contributed by atoms with Gasteiger partial charge in [-0.15, -0.1) is 0 Å². The first-order chi connectivity index (χ1) is 9.45. The van der Waals surface area contributed by atoms with Crippen molar-refractivity contribution >= 4 is 23.6 Å². The predicted octanol–water partition coefficient (Wildman–Crippen LogP) is 1.83. The smallest absolute Gasteiger partial charge is 0.326 e. The van der Waals surface area contributed by atoms with Crippen molar-refractivity contribution in [3.63, 3.8) is 0 Å². The molecule has 1 amide bonds. The summed E-state index contributed by atoms with van der Waals surface area (Å²) in [6.07, 6.45) is 1.54. The Morgan fingerprint density at radius 2 is 1.95 bits per heavy atom. The molecule has 0 aliphatic carbocycles. The van der Waals surface area contributed by atoms with Crippen molar-refractivity contribution in [2.45, 2.75) is 18.9 Å². The molecule has 0 heterocycles. The highest BCUT2D eigenvalue weighted by molar-refractivity contribution is 7.98. The van der Waals surface area contributed by atoms with Crippen LogP contribution >= 0.6 is 11.8 Å². The van der Waals surface area contributed by atoms with Crippen LogP contribution in [0.5, 0.6) is 0 Å². The second kappa shape index (κ2) is 7.84. The molecule has 7 heteroatoms. The van der Waals surface area contributed by atoms with Crippen LogP contribution in [0.1, 0.15) is 12.0 Å². The topological polar surface area (TPSA) is 66.4 Å². The second-order valence-corrected chi connectivity index (χ2v) is 5.10. The van der Waals surface area contributed by atoms with Crippen LogP contribution < -0.4 is 5.32 Å². The largest absolute Gasteiger partial charge is 0.480 e. The van der Waals surface area contributed by atoms with Crippen LogP contribution in [0, 0.1) is 11.6 Å². The standard InChI is InChI=1S/C13H15F2NO3S/c1-20-6-5-11(13(18)19)16-12(17)7-8-9(14)3-2-4-10(8)15/h2-4,11H,5-7H2,1H3,(H,16,17)(H,18,19). The van der Waals surface area contributed by atoms with Crippen molar-refractivity contribution in [2.24, 2.45) is 0 Å². The first-order valence-corrected chi connectivity index (χ1v) is 7.29. The number of carboxylic acids is 1. The molecule has 1 atom stereocenters. The van der Waals surface area contributed by atoms with E-state index in [2.05, 4.69) is 5.32 Å².